The van der Waals surface area contributed by atoms with E-state index in [4.69, 9.17) is 0 Å². The second-order valence-corrected chi connectivity index (χ2v) is 5.70. The highest BCUT2D eigenvalue weighted by atomic mass is 19.1. The summed E-state index contributed by atoms with van der Waals surface area (Å²) in [5.74, 6) is -0.604. The molecule has 0 saturated carbocycles. The van der Waals surface area contributed by atoms with Crippen LogP contribution in [0.2, 0.25) is 0 Å². The SMILES string of the molecule is Cc1ccc(C2(O)Cn3c(=O)ccc4ncc(F)c2c43)cc1. The summed E-state index contributed by atoms with van der Waals surface area (Å²) < 4.78 is 15.8. The summed E-state index contributed by atoms with van der Waals surface area (Å²) in [6, 6.07) is 10.2. The second kappa shape index (κ2) is 4.24. The van der Waals surface area contributed by atoms with Gasteiger partial charge in [-0.3, -0.25) is 9.78 Å². The minimum Gasteiger partial charge on any atom is -0.378 e. The van der Waals surface area contributed by atoms with Crippen LogP contribution in [0.3, 0.4) is 0 Å². The number of pyridine rings is 2. The van der Waals surface area contributed by atoms with Gasteiger partial charge in [-0.05, 0) is 18.6 Å². The number of hydrogen-bond acceptors (Lipinski definition) is 3. The second-order valence-electron chi connectivity index (χ2n) is 5.70. The average Bonchev–Trinajstić information content (AvgIpc) is 2.83. The van der Waals surface area contributed by atoms with Gasteiger partial charge in [0.1, 0.15) is 11.4 Å². The number of aromatic nitrogens is 2. The van der Waals surface area contributed by atoms with Gasteiger partial charge >= 0.3 is 0 Å². The Morgan fingerprint density at radius 1 is 1.23 bits per heavy atom. The number of aliphatic hydroxyl groups is 1. The standard InChI is InChI=1S/C17H13FN2O2/c1-10-2-4-11(5-3-10)17(22)9-20-14(21)7-6-13-16(20)15(17)12(18)8-19-13/h2-8,22H,9H2,1H3. The van der Waals surface area contributed by atoms with Gasteiger partial charge in [0.05, 0.1) is 29.3 Å². The van der Waals surface area contributed by atoms with E-state index in [1.807, 2.05) is 19.1 Å². The van der Waals surface area contributed by atoms with Crippen LogP contribution in [0.5, 0.6) is 0 Å². The van der Waals surface area contributed by atoms with Crippen LogP contribution in [0.25, 0.3) is 11.0 Å². The van der Waals surface area contributed by atoms with E-state index in [2.05, 4.69) is 4.98 Å². The van der Waals surface area contributed by atoms with Gasteiger partial charge in [-0.2, -0.15) is 0 Å². The molecule has 0 aliphatic carbocycles. The quantitative estimate of drug-likeness (QED) is 0.748. The van der Waals surface area contributed by atoms with E-state index in [-0.39, 0.29) is 17.7 Å². The van der Waals surface area contributed by atoms with E-state index >= 15 is 0 Å². The summed E-state index contributed by atoms with van der Waals surface area (Å²) in [5, 5.41) is 11.2. The summed E-state index contributed by atoms with van der Waals surface area (Å²) >= 11 is 0. The van der Waals surface area contributed by atoms with Crippen LogP contribution in [0, 0.1) is 12.7 Å². The number of benzene rings is 1. The first-order valence-corrected chi connectivity index (χ1v) is 6.99. The first-order chi connectivity index (χ1) is 10.5. The highest BCUT2D eigenvalue weighted by Crippen LogP contribution is 2.41. The Bertz CT molecular complexity index is 963. The fourth-order valence-electron chi connectivity index (χ4n) is 3.16. The zero-order valence-corrected chi connectivity index (χ0v) is 11.9. The third kappa shape index (κ3) is 1.60. The summed E-state index contributed by atoms with van der Waals surface area (Å²) in [6.45, 7) is 1.93. The minimum atomic E-state index is -1.56. The molecule has 0 radical (unpaired) electrons. The highest BCUT2D eigenvalue weighted by molar-refractivity contribution is 5.82. The van der Waals surface area contributed by atoms with Crippen molar-refractivity contribution in [3.05, 3.63) is 75.5 Å². The number of hydrogen-bond donors (Lipinski definition) is 1. The molecule has 0 fully saturated rings. The van der Waals surface area contributed by atoms with Crippen LogP contribution >= 0.6 is 0 Å². The third-order valence-electron chi connectivity index (χ3n) is 4.28. The van der Waals surface area contributed by atoms with E-state index in [0.29, 0.717) is 16.6 Å². The topological polar surface area (TPSA) is 55.1 Å². The summed E-state index contributed by atoms with van der Waals surface area (Å²) in [5.41, 5.74) is 0.762. The number of nitrogens with zero attached hydrogens (tertiary/aromatic N) is 2. The molecule has 110 valence electrons. The van der Waals surface area contributed by atoms with E-state index in [9.17, 15) is 14.3 Å². The van der Waals surface area contributed by atoms with Crippen LogP contribution in [0.4, 0.5) is 4.39 Å². The van der Waals surface area contributed by atoms with E-state index in [0.717, 1.165) is 11.8 Å². The Kier molecular flexibility index (Phi) is 2.53. The summed E-state index contributed by atoms with van der Waals surface area (Å²) in [6.07, 6.45) is 1.09. The number of aryl methyl sites for hydroxylation is 1. The number of halogens is 1. The fraction of sp³-hybridized carbons (Fsp3) is 0.176. The predicted octanol–water partition coefficient (Wildman–Crippen LogP) is 2.09. The van der Waals surface area contributed by atoms with Crippen LogP contribution in [0.1, 0.15) is 16.7 Å². The Balaban J connectivity index is 2.08. The molecule has 1 aromatic carbocycles. The molecular formula is C17H13FN2O2. The largest absolute Gasteiger partial charge is 0.378 e. The Hall–Kier alpha value is -2.53. The molecule has 1 unspecified atom stereocenters. The van der Waals surface area contributed by atoms with E-state index in [1.165, 1.54) is 10.6 Å². The molecule has 4 nitrogen and oxygen atoms in total. The molecule has 0 saturated heterocycles. The van der Waals surface area contributed by atoms with Crippen molar-refractivity contribution >= 4 is 11.0 Å². The van der Waals surface area contributed by atoms with Gasteiger partial charge < -0.3 is 9.67 Å². The van der Waals surface area contributed by atoms with Gasteiger partial charge in [0.2, 0.25) is 0 Å². The lowest BCUT2D eigenvalue weighted by Crippen LogP contribution is -2.31. The Morgan fingerprint density at radius 2 is 1.95 bits per heavy atom. The van der Waals surface area contributed by atoms with Crippen molar-refractivity contribution in [3.63, 3.8) is 0 Å². The van der Waals surface area contributed by atoms with Gasteiger partial charge in [0.15, 0.2) is 0 Å². The molecule has 0 amide bonds. The van der Waals surface area contributed by atoms with E-state index < -0.39 is 11.4 Å². The molecule has 1 N–H and O–H groups in total. The summed E-state index contributed by atoms with van der Waals surface area (Å²) in [4.78, 5) is 16.1. The van der Waals surface area contributed by atoms with Crippen molar-refractivity contribution < 1.29 is 9.50 Å². The minimum absolute atomic E-state index is 0.00974. The van der Waals surface area contributed by atoms with Gasteiger partial charge in [-0.15, -0.1) is 0 Å². The zero-order chi connectivity index (χ0) is 15.5. The van der Waals surface area contributed by atoms with Crippen LogP contribution in [-0.2, 0) is 12.1 Å². The highest BCUT2D eigenvalue weighted by Gasteiger charge is 2.42. The maximum absolute atomic E-state index is 14.4. The van der Waals surface area contributed by atoms with E-state index in [1.54, 1.807) is 18.2 Å². The first kappa shape index (κ1) is 13.2. The lowest BCUT2D eigenvalue weighted by atomic mass is 9.87. The molecule has 0 bridgehead atoms. The monoisotopic (exact) mass is 296 g/mol. The van der Waals surface area contributed by atoms with Gasteiger partial charge in [0.25, 0.3) is 5.56 Å². The molecule has 0 spiro atoms. The molecular weight excluding hydrogens is 283 g/mol. The number of rotatable bonds is 1. The van der Waals surface area contributed by atoms with Crippen molar-refractivity contribution in [2.24, 2.45) is 0 Å². The maximum atomic E-state index is 14.4. The molecule has 1 atom stereocenters. The normalized spacial score (nSPS) is 19.8. The molecule has 3 aromatic rings. The molecule has 5 heteroatoms. The molecule has 22 heavy (non-hydrogen) atoms. The zero-order valence-electron chi connectivity index (χ0n) is 11.9. The average molecular weight is 296 g/mol. The molecule has 4 rings (SSSR count). The maximum Gasteiger partial charge on any atom is 0.251 e. The van der Waals surface area contributed by atoms with Gasteiger partial charge in [-0.25, -0.2) is 4.39 Å². The Morgan fingerprint density at radius 3 is 2.68 bits per heavy atom. The van der Waals surface area contributed by atoms with Crippen molar-refractivity contribution in [2.45, 2.75) is 19.1 Å². The van der Waals surface area contributed by atoms with Crippen molar-refractivity contribution in [2.75, 3.05) is 0 Å². The third-order valence-corrected chi connectivity index (χ3v) is 4.28. The Labute approximate surface area is 125 Å². The molecule has 1 aliphatic rings. The van der Waals surface area contributed by atoms with Gasteiger partial charge in [-0.1, -0.05) is 29.8 Å². The summed E-state index contributed by atoms with van der Waals surface area (Å²) in [7, 11) is 0. The van der Waals surface area contributed by atoms with Gasteiger partial charge in [0, 0.05) is 6.07 Å². The molecule has 3 heterocycles. The lowest BCUT2D eigenvalue weighted by molar-refractivity contribution is 0.0693. The fourth-order valence-corrected chi connectivity index (χ4v) is 3.16. The van der Waals surface area contributed by atoms with Crippen molar-refractivity contribution in [1.29, 1.82) is 0 Å². The smallest absolute Gasteiger partial charge is 0.251 e. The first-order valence-electron chi connectivity index (χ1n) is 6.99. The van der Waals surface area contributed by atoms with Crippen LogP contribution < -0.4 is 5.56 Å². The predicted molar refractivity (Wildman–Crippen MR) is 80.1 cm³/mol. The molecule has 2 aromatic heterocycles. The van der Waals surface area contributed by atoms with Crippen molar-refractivity contribution in [1.82, 2.24) is 9.55 Å². The lowest BCUT2D eigenvalue weighted by Gasteiger charge is -2.24. The van der Waals surface area contributed by atoms with Crippen LogP contribution in [0.15, 0.2) is 47.4 Å². The van der Waals surface area contributed by atoms with Crippen molar-refractivity contribution in [3.8, 4) is 0 Å². The van der Waals surface area contributed by atoms with Crippen LogP contribution in [-0.4, -0.2) is 14.7 Å². The molecule has 1 aliphatic heterocycles.